The van der Waals surface area contributed by atoms with Crippen molar-refractivity contribution in [1.82, 2.24) is 0 Å². The van der Waals surface area contributed by atoms with Gasteiger partial charge in [0.25, 0.3) is 6.20 Å². The van der Waals surface area contributed by atoms with Gasteiger partial charge in [-0.25, -0.2) is 0 Å². The Morgan fingerprint density at radius 1 is 0.885 bits per heavy atom. The number of nitro groups is 1. The van der Waals surface area contributed by atoms with Crippen LogP contribution in [0.1, 0.15) is 61.8 Å². The van der Waals surface area contributed by atoms with Crippen molar-refractivity contribution in [2.24, 2.45) is 0 Å². The number of rotatable bonds is 7. The molecule has 0 aliphatic rings. The SMILES string of the molecule is CC(C)c1ccc(CS(=C=C[N+](=O)[O-])Cc2ccc(C(C)C)cc2)cc1. The topological polar surface area (TPSA) is 43.1 Å². The molecule has 2 aromatic rings. The minimum Gasteiger partial charge on any atom is -0.258 e. The van der Waals surface area contributed by atoms with Crippen molar-refractivity contribution in [2.75, 3.05) is 0 Å². The van der Waals surface area contributed by atoms with Crippen LogP contribution in [0, 0.1) is 10.1 Å². The Labute approximate surface area is 158 Å². The third-order valence-electron chi connectivity index (χ3n) is 4.30. The van der Waals surface area contributed by atoms with Gasteiger partial charge in [0, 0.05) is 11.5 Å². The van der Waals surface area contributed by atoms with Crippen LogP contribution in [-0.4, -0.2) is 9.95 Å². The van der Waals surface area contributed by atoms with E-state index in [1.54, 1.807) is 0 Å². The number of hydrogen-bond acceptors (Lipinski definition) is 2. The lowest BCUT2D eigenvalue weighted by Gasteiger charge is -2.11. The summed E-state index contributed by atoms with van der Waals surface area (Å²) < 4.78 is 0. The minimum absolute atomic E-state index is 0.329. The van der Waals surface area contributed by atoms with Gasteiger partial charge < -0.3 is 0 Å². The van der Waals surface area contributed by atoms with E-state index < -0.39 is 4.92 Å². The maximum Gasteiger partial charge on any atom is 0.282 e. The van der Waals surface area contributed by atoms with Crippen LogP contribution < -0.4 is 0 Å². The molecule has 0 radical (unpaired) electrons. The molecule has 138 valence electrons. The maximum atomic E-state index is 10.7. The fourth-order valence-corrected chi connectivity index (χ4v) is 4.35. The van der Waals surface area contributed by atoms with Crippen LogP contribution in [0.15, 0.2) is 54.7 Å². The van der Waals surface area contributed by atoms with E-state index in [0.717, 1.165) is 17.7 Å². The molecule has 0 aromatic heterocycles. The average Bonchev–Trinajstić information content (AvgIpc) is 2.60. The molecule has 0 N–H and O–H groups in total. The quantitative estimate of drug-likeness (QED) is 0.336. The fourth-order valence-electron chi connectivity index (χ4n) is 2.65. The third kappa shape index (κ3) is 6.29. The predicted molar refractivity (Wildman–Crippen MR) is 113 cm³/mol. The van der Waals surface area contributed by atoms with E-state index in [1.165, 1.54) is 22.3 Å². The van der Waals surface area contributed by atoms with Gasteiger partial charge in [-0.05, 0) is 39.1 Å². The van der Waals surface area contributed by atoms with Gasteiger partial charge >= 0.3 is 0 Å². The molecule has 0 aliphatic carbocycles. The summed E-state index contributed by atoms with van der Waals surface area (Å²) in [6.45, 7) is 8.70. The molecule has 2 rings (SSSR count). The molecule has 4 heteroatoms. The van der Waals surface area contributed by atoms with E-state index in [2.05, 4.69) is 81.2 Å². The zero-order valence-corrected chi connectivity index (χ0v) is 16.8. The highest BCUT2D eigenvalue weighted by Crippen LogP contribution is 2.26. The van der Waals surface area contributed by atoms with Crippen LogP contribution in [0.2, 0.25) is 0 Å². The van der Waals surface area contributed by atoms with Crippen LogP contribution in [0.3, 0.4) is 0 Å². The first-order chi connectivity index (χ1) is 12.3. The molecule has 0 bridgehead atoms. The second-order valence-corrected chi connectivity index (χ2v) is 8.90. The molecular weight excluding hydrogens is 342 g/mol. The third-order valence-corrected chi connectivity index (χ3v) is 6.10. The summed E-state index contributed by atoms with van der Waals surface area (Å²) in [4.78, 5) is 10.3. The van der Waals surface area contributed by atoms with E-state index in [0.29, 0.717) is 11.8 Å². The average molecular weight is 370 g/mol. The van der Waals surface area contributed by atoms with Crippen molar-refractivity contribution in [3.05, 3.63) is 87.1 Å². The molecule has 0 atom stereocenters. The standard InChI is InChI=1S/C22H27NO2S/c1-17(2)21-9-5-19(6-10-21)15-26(14-13-23(24)25)16-20-7-11-22(12-8-20)18(3)4/h5-13,17-18H,15-16H2,1-4H3. The molecule has 0 aliphatic heterocycles. The highest BCUT2D eigenvalue weighted by Gasteiger charge is 2.05. The van der Waals surface area contributed by atoms with Gasteiger partial charge in [0.1, 0.15) is 0 Å². The Hall–Kier alpha value is -2.16. The second kappa shape index (κ2) is 9.51. The zero-order valence-electron chi connectivity index (χ0n) is 15.9. The van der Waals surface area contributed by atoms with Crippen LogP contribution in [0.5, 0.6) is 0 Å². The van der Waals surface area contributed by atoms with Crippen molar-refractivity contribution >= 4 is 15.5 Å². The van der Waals surface area contributed by atoms with Gasteiger partial charge in [-0.15, -0.1) is 10.5 Å². The molecule has 3 nitrogen and oxygen atoms in total. The highest BCUT2D eigenvalue weighted by molar-refractivity contribution is 8.13. The Morgan fingerprint density at radius 3 is 1.58 bits per heavy atom. The molecular formula is C22H27NO2S. The molecule has 0 unspecified atom stereocenters. The van der Waals surface area contributed by atoms with Crippen LogP contribution in [0.25, 0.3) is 0 Å². The largest absolute Gasteiger partial charge is 0.282 e. The van der Waals surface area contributed by atoms with Crippen molar-refractivity contribution in [2.45, 2.75) is 51.0 Å². The summed E-state index contributed by atoms with van der Waals surface area (Å²) in [6, 6.07) is 17.1. The van der Waals surface area contributed by atoms with Crippen molar-refractivity contribution in [1.29, 1.82) is 0 Å². The summed E-state index contributed by atoms with van der Waals surface area (Å²) in [5, 5.41) is 13.7. The lowest BCUT2D eigenvalue weighted by Crippen LogP contribution is -1.93. The van der Waals surface area contributed by atoms with Crippen LogP contribution in [0.4, 0.5) is 0 Å². The Kier molecular flexibility index (Phi) is 7.38. The summed E-state index contributed by atoms with van der Waals surface area (Å²) in [5.74, 6) is 2.55. The predicted octanol–water partition coefficient (Wildman–Crippen LogP) is 6.09. The molecule has 0 spiro atoms. The van der Waals surface area contributed by atoms with Gasteiger partial charge in [0.05, 0.1) is 4.92 Å². The smallest absolute Gasteiger partial charge is 0.258 e. The Balaban J connectivity index is 2.21. The first-order valence-corrected chi connectivity index (χ1v) is 10.5. The Bertz CT molecular complexity index is 744. The zero-order chi connectivity index (χ0) is 19.1. The highest BCUT2D eigenvalue weighted by atomic mass is 32.2. The van der Waals surface area contributed by atoms with Crippen LogP contribution >= 0.6 is 10.5 Å². The van der Waals surface area contributed by atoms with Crippen molar-refractivity contribution < 1.29 is 4.92 Å². The molecule has 0 amide bonds. The van der Waals surface area contributed by atoms with E-state index in [9.17, 15) is 10.1 Å². The Morgan fingerprint density at radius 2 is 1.27 bits per heavy atom. The number of benzene rings is 2. The van der Waals surface area contributed by atoms with E-state index in [4.69, 9.17) is 0 Å². The second-order valence-electron chi connectivity index (χ2n) is 7.11. The molecule has 2 aromatic carbocycles. The monoisotopic (exact) mass is 369 g/mol. The summed E-state index contributed by atoms with van der Waals surface area (Å²) >= 11 is 0. The first-order valence-electron chi connectivity index (χ1n) is 8.93. The van der Waals surface area contributed by atoms with Gasteiger partial charge in [-0.2, -0.15) is 0 Å². The van der Waals surface area contributed by atoms with E-state index >= 15 is 0 Å². The maximum absolute atomic E-state index is 10.7. The molecule has 0 saturated heterocycles. The number of nitrogens with zero attached hydrogens (tertiary/aromatic N) is 1. The fraction of sp³-hybridized carbons (Fsp3) is 0.364. The molecule has 0 fully saturated rings. The lowest BCUT2D eigenvalue weighted by atomic mass is 10.0. The number of hydrogen-bond donors (Lipinski definition) is 0. The lowest BCUT2D eigenvalue weighted by molar-refractivity contribution is -0.399. The van der Waals surface area contributed by atoms with Gasteiger partial charge in [-0.3, -0.25) is 10.1 Å². The van der Waals surface area contributed by atoms with Gasteiger partial charge in [0.15, 0.2) is 0 Å². The normalized spacial score (nSPS) is 11.0. The van der Waals surface area contributed by atoms with E-state index in [1.807, 2.05) is 0 Å². The summed E-state index contributed by atoms with van der Waals surface area (Å²) in [7, 11) is -0.329. The van der Waals surface area contributed by atoms with Crippen molar-refractivity contribution in [3.63, 3.8) is 0 Å². The van der Waals surface area contributed by atoms with Gasteiger partial charge in [-0.1, -0.05) is 76.2 Å². The van der Waals surface area contributed by atoms with E-state index in [-0.39, 0.29) is 10.5 Å². The van der Waals surface area contributed by atoms with Crippen molar-refractivity contribution in [3.8, 4) is 0 Å². The molecule has 0 heterocycles. The summed E-state index contributed by atoms with van der Waals surface area (Å²) in [5.41, 5.74) is 5.01. The summed E-state index contributed by atoms with van der Waals surface area (Å²) in [6.07, 6.45) is 0.966. The van der Waals surface area contributed by atoms with Crippen LogP contribution in [-0.2, 0) is 11.5 Å². The van der Waals surface area contributed by atoms with Gasteiger partial charge in [0.2, 0.25) is 0 Å². The first kappa shape index (κ1) is 20.2. The minimum atomic E-state index is -0.427. The molecule has 26 heavy (non-hydrogen) atoms. The molecule has 0 saturated carbocycles.